The molecule has 0 aliphatic carbocycles. The van der Waals surface area contributed by atoms with Gasteiger partial charge in [0.1, 0.15) is 0 Å². The van der Waals surface area contributed by atoms with Crippen LogP contribution in [0.25, 0.3) is 11.6 Å². The van der Waals surface area contributed by atoms with Gasteiger partial charge in [0, 0.05) is 12.6 Å². The molecule has 0 fully saturated rings. The Labute approximate surface area is 141 Å². The molecule has 1 N–H and O–H groups in total. The van der Waals surface area contributed by atoms with Crippen molar-refractivity contribution in [2.24, 2.45) is 0 Å². The minimum absolute atomic E-state index is 0.142. The maximum Gasteiger partial charge on any atom is 0.221 e. The molecule has 24 heavy (non-hydrogen) atoms. The summed E-state index contributed by atoms with van der Waals surface area (Å²) in [6.45, 7) is 1.45. The Morgan fingerprint density at radius 1 is 1.12 bits per heavy atom. The summed E-state index contributed by atoms with van der Waals surface area (Å²) in [5.74, 6) is 1.02. The van der Waals surface area contributed by atoms with E-state index in [-0.39, 0.29) is 5.91 Å². The van der Waals surface area contributed by atoms with Gasteiger partial charge in [0.05, 0.1) is 25.9 Å². The zero-order chi connectivity index (χ0) is 17.5. The number of allylic oxidation sites excluding steroid dienone is 1. The Hall–Kier alpha value is -3.26. The molecule has 1 amide bonds. The number of benzene rings is 2. The van der Waals surface area contributed by atoms with Crippen molar-refractivity contribution < 1.29 is 14.3 Å². The van der Waals surface area contributed by atoms with Crippen LogP contribution in [0.5, 0.6) is 11.5 Å². The van der Waals surface area contributed by atoms with Gasteiger partial charge in [-0.25, -0.2) is 0 Å². The molecule has 0 unspecified atom stereocenters. The van der Waals surface area contributed by atoms with Crippen molar-refractivity contribution in [3.05, 3.63) is 53.6 Å². The summed E-state index contributed by atoms with van der Waals surface area (Å²) in [5.41, 5.74) is 2.70. The highest BCUT2D eigenvalue weighted by Gasteiger charge is 2.08. The molecular formula is C19H18N2O3. The highest BCUT2D eigenvalue weighted by molar-refractivity contribution is 5.92. The lowest BCUT2D eigenvalue weighted by Crippen LogP contribution is -2.05. The number of carbonyl (C=O) groups excluding carboxylic acids is 1. The SMILES string of the molecule is COc1ccc(C(C#N)=Cc2cccc(NC(C)=O)c2)cc1OC. The summed E-state index contributed by atoms with van der Waals surface area (Å²) in [7, 11) is 3.11. The number of nitrogens with zero attached hydrogens (tertiary/aromatic N) is 1. The number of methoxy groups -OCH3 is 2. The van der Waals surface area contributed by atoms with Crippen molar-refractivity contribution in [3.8, 4) is 17.6 Å². The van der Waals surface area contributed by atoms with Gasteiger partial charge in [0.25, 0.3) is 0 Å². The predicted molar refractivity (Wildman–Crippen MR) is 93.8 cm³/mol. The first-order chi connectivity index (χ1) is 11.6. The number of anilines is 1. The minimum Gasteiger partial charge on any atom is -0.493 e. The van der Waals surface area contributed by atoms with Gasteiger partial charge < -0.3 is 14.8 Å². The van der Waals surface area contributed by atoms with Gasteiger partial charge in [-0.3, -0.25) is 4.79 Å². The van der Waals surface area contributed by atoms with Gasteiger partial charge in [-0.05, 0) is 47.5 Å². The number of rotatable bonds is 5. The molecule has 0 saturated heterocycles. The van der Waals surface area contributed by atoms with Crippen LogP contribution in [0, 0.1) is 11.3 Å². The number of hydrogen-bond acceptors (Lipinski definition) is 4. The average Bonchev–Trinajstić information content (AvgIpc) is 2.58. The zero-order valence-electron chi connectivity index (χ0n) is 13.8. The maximum absolute atomic E-state index is 11.2. The van der Waals surface area contributed by atoms with Crippen molar-refractivity contribution in [1.82, 2.24) is 0 Å². The number of carbonyl (C=O) groups is 1. The van der Waals surface area contributed by atoms with Crippen molar-refractivity contribution in [2.75, 3.05) is 19.5 Å². The van der Waals surface area contributed by atoms with Crippen molar-refractivity contribution in [1.29, 1.82) is 5.26 Å². The second kappa shape index (κ2) is 7.84. The van der Waals surface area contributed by atoms with Crippen LogP contribution in [0.3, 0.4) is 0 Å². The molecule has 122 valence electrons. The Bertz CT molecular complexity index is 820. The first kappa shape index (κ1) is 17.1. The molecule has 0 aliphatic rings. The van der Waals surface area contributed by atoms with Gasteiger partial charge in [-0.1, -0.05) is 12.1 Å². The molecule has 0 heterocycles. The number of amides is 1. The predicted octanol–water partition coefficient (Wildman–Crippen LogP) is 3.73. The van der Waals surface area contributed by atoms with Crippen LogP contribution in [-0.4, -0.2) is 20.1 Å². The van der Waals surface area contributed by atoms with Crippen LogP contribution in [0.15, 0.2) is 42.5 Å². The lowest BCUT2D eigenvalue weighted by Gasteiger charge is -2.09. The van der Waals surface area contributed by atoms with E-state index >= 15 is 0 Å². The Morgan fingerprint density at radius 3 is 2.50 bits per heavy atom. The van der Waals surface area contributed by atoms with E-state index in [1.54, 1.807) is 50.6 Å². The number of nitrogens with one attached hydrogen (secondary N) is 1. The van der Waals surface area contributed by atoms with Gasteiger partial charge in [-0.15, -0.1) is 0 Å². The van der Waals surface area contributed by atoms with E-state index in [0.717, 1.165) is 11.1 Å². The van der Waals surface area contributed by atoms with E-state index in [9.17, 15) is 10.1 Å². The normalized spacial score (nSPS) is 10.7. The fourth-order valence-electron chi connectivity index (χ4n) is 2.26. The average molecular weight is 322 g/mol. The summed E-state index contributed by atoms with van der Waals surface area (Å²) in [5, 5.41) is 12.2. The van der Waals surface area contributed by atoms with E-state index in [2.05, 4.69) is 11.4 Å². The van der Waals surface area contributed by atoms with Crippen LogP contribution in [0.1, 0.15) is 18.1 Å². The van der Waals surface area contributed by atoms with Crippen LogP contribution in [0.2, 0.25) is 0 Å². The monoisotopic (exact) mass is 322 g/mol. The lowest BCUT2D eigenvalue weighted by atomic mass is 10.0. The third-order valence-electron chi connectivity index (χ3n) is 3.33. The largest absolute Gasteiger partial charge is 0.493 e. The van der Waals surface area contributed by atoms with E-state index in [4.69, 9.17) is 9.47 Å². The Kier molecular flexibility index (Phi) is 5.58. The molecule has 0 atom stereocenters. The molecule has 2 aromatic carbocycles. The van der Waals surface area contributed by atoms with Crippen molar-refractivity contribution in [2.45, 2.75) is 6.92 Å². The van der Waals surface area contributed by atoms with E-state index < -0.39 is 0 Å². The van der Waals surface area contributed by atoms with Crippen molar-refractivity contribution in [3.63, 3.8) is 0 Å². The minimum atomic E-state index is -0.142. The molecule has 0 aliphatic heterocycles. The smallest absolute Gasteiger partial charge is 0.221 e. The van der Waals surface area contributed by atoms with E-state index in [0.29, 0.717) is 22.8 Å². The summed E-state index contributed by atoms with van der Waals surface area (Å²) < 4.78 is 10.5. The third kappa shape index (κ3) is 4.14. The highest BCUT2D eigenvalue weighted by atomic mass is 16.5. The third-order valence-corrected chi connectivity index (χ3v) is 3.33. The van der Waals surface area contributed by atoms with Gasteiger partial charge in [-0.2, -0.15) is 5.26 Å². The lowest BCUT2D eigenvalue weighted by molar-refractivity contribution is -0.114. The number of ether oxygens (including phenoxy) is 2. The van der Waals surface area contributed by atoms with Crippen molar-refractivity contribution >= 4 is 23.2 Å². The molecule has 0 spiro atoms. The summed E-state index contributed by atoms with van der Waals surface area (Å²) >= 11 is 0. The van der Waals surface area contributed by atoms with Crippen LogP contribution >= 0.6 is 0 Å². The van der Waals surface area contributed by atoms with Gasteiger partial charge >= 0.3 is 0 Å². The van der Waals surface area contributed by atoms with Gasteiger partial charge in [0.2, 0.25) is 5.91 Å². The molecule has 2 aromatic rings. The molecule has 0 bridgehead atoms. The summed E-state index contributed by atoms with van der Waals surface area (Å²) in [6, 6.07) is 14.8. The molecule has 5 nitrogen and oxygen atoms in total. The highest BCUT2D eigenvalue weighted by Crippen LogP contribution is 2.31. The first-order valence-electron chi connectivity index (χ1n) is 7.29. The zero-order valence-corrected chi connectivity index (χ0v) is 13.8. The Morgan fingerprint density at radius 2 is 1.88 bits per heavy atom. The topological polar surface area (TPSA) is 71.3 Å². The van der Waals surface area contributed by atoms with Gasteiger partial charge in [0.15, 0.2) is 11.5 Å². The molecular weight excluding hydrogens is 304 g/mol. The molecule has 0 saturated carbocycles. The second-order valence-corrected chi connectivity index (χ2v) is 5.05. The molecule has 0 radical (unpaired) electrons. The summed E-state index contributed by atoms with van der Waals surface area (Å²) in [4.78, 5) is 11.2. The fraction of sp³-hybridized carbons (Fsp3) is 0.158. The maximum atomic E-state index is 11.2. The van der Waals surface area contributed by atoms with Crippen LogP contribution in [0.4, 0.5) is 5.69 Å². The van der Waals surface area contributed by atoms with E-state index in [1.165, 1.54) is 6.92 Å². The quantitative estimate of drug-likeness (QED) is 0.672. The fourth-order valence-corrected chi connectivity index (χ4v) is 2.26. The second-order valence-electron chi connectivity index (χ2n) is 5.05. The van der Waals surface area contributed by atoms with Crippen LogP contribution in [-0.2, 0) is 4.79 Å². The number of nitriles is 1. The van der Waals surface area contributed by atoms with Crippen LogP contribution < -0.4 is 14.8 Å². The molecule has 0 aromatic heterocycles. The molecule has 5 heteroatoms. The molecule has 2 rings (SSSR count). The van der Waals surface area contributed by atoms with E-state index in [1.807, 2.05) is 12.1 Å². The standard InChI is InChI=1S/C19H18N2O3/c1-13(22)21-17-6-4-5-14(10-17)9-16(12-20)15-7-8-18(23-2)19(11-15)24-3/h4-11H,1-3H3,(H,21,22). The summed E-state index contributed by atoms with van der Waals surface area (Å²) in [6.07, 6.45) is 1.76. The Balaban J connectivity index is 2.40. The number of hydrogen-bond donors (Lipinski definition) is 1. The first-order valence-corrected chi connectivity index (χ1v) is 7.29.